The van der Waals surface area contributed by atoms with Gasteiger partial charge in [-0.15, -0.1) is 0 Å². The van der Waals surface area contributed by atoms with Crippen LogP contribution in [0.2, 0.25) is 0 Å². The summed E-state index contributed by atoms with van der Waals surface area (Å²) in [5, 5.41) is 8.83. The van der Waals surface area contributed by atoms with Crippen LogP contribution in [0.5, 0.6) is 0 Å². The average Bonchev–Trinajstić information content (AvgIpc) is 2.49. The molecular weight excluding hydrogens is 256 g/mol. The summed E-state index contributed by atoms with van der Waals surface area (Å²) in [6.07, 6.45) is 12.4. The first-order chi connectivity index (χ1) is 12.4. The van der Waals surface area contributed by atoms with Crippen LogP contribution in [0.3, 0.4) is 0 Å². The van der Waals surface area contributed by atoms with Crippen molar-refractivity contribution in [3.05, 3.63) is 46.6 Å². The van der Waals surface area contributed by atoms with Crippen molar-refractivity contribution in [1.82, 2.24) is 0 Å². The number of rotatable bonds is 10. The zero-order valence-electron chi connectivity index (χ0n) is 19.7. The highest BCUT2D eigenvalue weighted by molar-refractivity contribution is 5.07. The summed E-state index contributed by atoms with van der Waals surface area (Å²) in [5.41, 5.74) is 3.21. The minimum absolute atomic E-state index is 0.0913. The van der Waals surface area contributed by atoms with Crippen molar-refractivity contribution in [2.45, 2.75) is 73.0 Å². The van der Waals surface area contributed by atoms with Gasteiger partial charge in [-0.05, 0) is 73.0 Å². The maximum absolute atomic E-state index is 8.83. The fourth-order valence-corrected chi connectivity index (χ4v) is 2.00. The first kappa shape index (κ1) is 11.5. The van der Waals surface area contributed by atoms with E-state index in [2.05, 4.69) is 19.1 Å². The molecule has 0 spiro atoms. The molecule has 120 valence electrons. The summed E-state index contributed by atoms with van der Waals surface area (Å²) >= 11 is 0. The molecule has 21 heavy (non-hydrogen) atoms. The van der Waals surface area contributed by atoms with Crippen molar-refractivity contribution >= 4 is 0 Å². The second kappa shape index (κ2) is 12.6. The Morgan fingerprint density at radius 1 is 0.762 bits per heavy atom. The summed E-state index contributed by atoms with van der Waals surface area (Å²) in [7, 11) is 0. The third-order valence-electron chi connectivity index (χ3n) is 3.39. The van der Waals surface area contributed by atoms with Gasteiger partial charge in [0.1, 0.15) is 0 Å². The number of aliphatic hydroxyl groups excluding tert-OH is 1. The smallest absolute Gasteiger partial charge is 0.0614 e. The van der Waals surface area contributed by atoms with Crippen LogP contribution >= 0.6 is 0 Å². The third kappa shape index (κ3) is 13.7. The highest BCUT2D eigenvalue weighted by atomic mass is 16.2. The zero-order valence-corrected chi connectivity index (χ0v) is 13.7. The van der Waals surface area contributed by atoms with Crippen LogP contribution < -0.4 is 0 Å². The SMILES string of the molecule is [2H]C([2H])([2H])C(=CCC/C(C)=C/CC/C(C)=C/CC/C(C)=C/CO)C([2H])([2H])[2H]. The zero-order chi connectivity index (χ0) is 21.1. The summed E-state index contributed by atoms with van der Waals surface area (Å²) in [6.45, 7) is 1.05. The van der Waals surface area contributed by atoms with Crippen LogP contribution in [0.4, 0.5) is 0 Å². The molecule has 0 heterocycles. The van der Waals surface area contributed by atoms with E-state index in [-0.39, 0.29) is 6.61 Å². The molecule has 0 aliphatic carbocycles. The van der Waals surface area contributed by atoms with Gasteiger partial charge in [0.2, 0.25) is 0 Å². The Morgan fingerprint density at radius 3 is 1.62 bits per heavy atom. The van der Waals surface area contributed by atoms with E-state index in [1.165, 1.54) is 17.2 Å². The van der Waals surface area contributed by atoms with Crippen molar-refractivity contribution in [3.63, 3.8) is 0 Å². The molecule has 0 saturated carbocycles. The topological polar surface area (TPSA) is 20.2 Å². The summed E-state index contributed by atoms with van der Waals surface area (Å²) < 4.78 is 44.2. The van der Waals surface area contributed by atoms with Gasteiger partial charge in [-0.1, -0.05) is 46.6 Å². The minimum Gasteiger partial charge on any atom is -0.392 e. The Bertz CT molecular complexity index is 546. The van der Waals surface area contributed by atoms with E-state index in [0.717, 1.165) is 31.3 Å². The molecule has 0 aromatic rings. The number of aliphatic hydroxyl groups is 1. The molecule has 0 radical (unpaired) electrons. The quantitative estimate of drug-likeness (QED) is 0.481. The lowest BCUT2D eigenvalue weighted by atomic mass is 10.0. The van der Waals surface area contributed by atoms with Gasteiger partial charge in [0.05, 0.1) is 6.61 Å². The molecule has 0 aromatic heterocycles. The van der Waals surface area contributed by atoms with E-state index < -0.39 is 19.3 Å². The Morgan fingerprint density at radius 2 is 1.19 bits per heavy atom. The standard InChI is InChI=1S/C20H34O/c1-17(2)9-6-10-18(3)11-7-12-19(4)13-8-14-20(5)15-16-21/h9,11,13,15,21H,6-8,10,12,14,16H2,1-5H3/b18-11+,19-13+,20-15+/i1D3,2D3. The lowest BCUT2D eigenvalue weighted by molar-refractivity contribution is 0.341. The normalized spacial score (nSPS) is 19.0. The number of hydrogen-bond donors (Lipinski definition) is 1. The van der Waals surface area contributed by atoms with Crippen molar-refractivity contribution in [1.29, 1.82) is 0 Å². The van der Waals surface area contributed by atoms with Crippen LogP contribution in [0, 0.1) is 0 Å². The van der Waals surface area contributed by atoms with Crippen LogP contribution in [0.1, 0.15) is 81.2 Å². The molecule has 0 rings (SSSR count). The van der Waals surface area contributed by atoms with Gasteiger partial charge < -0.3 is 5.11 Å². The van der Waals surface area contributed by atoms with Gasteiger partial charge in [0, 0.05) is 8.22 Å². The number of allylic oxidation sites excluding steroid dienone is 7. The molecule has 0 fully saturated rings. The first-order valence-corrected chi connectivity index (χ1v) is 7.66. The Labute approximate surface area is 140 Å². The highest BCUT2D eigenvalue weighted by Gasteiger charge is 1.93. The monoisotopic (exact) mass is 296 g/mol. The van der Waals surface area contributed by atoms with Gasteiger partial charge in [-0.3, -0.25) is 0 Å². The van der Waals surface area contributed by atoms with E-state index in [4.69, 9.17) is 13.3 Å². The average molecular weight is 297 g/mol. The molecule has 0 aliphatic rings. The predicted octanol–water partition coefficient (Wildman–Crippen LogP) is 6.12. The molecule has 0 saturated heterocycles. The van der Waals surface area contributed by atoms with Crippen molar-refractivity contribution in [2.24, 2.45) is 0 Å². The van der Waals surface area contributed by atoms with Gasteiger partial charge in [-0.25, -0.2) is 0 Å². The van der Waals surface area contributed by atoms with Gasteiger partial charge in [0.25, 0.3) is 0 Å². The molecule has 0 aliphatic heterocycles. The van der Waals surface area contributed by atoms with E-state index in [9.17, 15) is 0 Å². The molecule has 1 N–H and O–H groups in total. The van der Waals surface area contributed by atoms with Gasteiger partial charge in [-0.2, -0.15) is 0 Å². The second-order valence-electron chi connectivity index (χ2n) is 5.57. The fraction of sp³-hybridized carbons (Fsp3) is 0.600. The fourth-order valence-electron chi connectivity index (χ4n) is 2.00. The molecule has 0 unspecified atom stereocenters. The number of hydrogen-bond acceptors (Lipinski definition) is 1. The molecular formula is C20H34O. The summed E-state index contributed by atoms with van der Waals surface area (Å²) in [4.78, 5) is 0. The Kier molecular flexibility index (Phi) is 6.91. The van der Waals surface area contributed by atoms with E-state index in [1.54, 1.807) is 0 Å². The van der Waals surface area contributed by atoms with Crippen LogP contribution in [0.15, 0.2) is 46.6 Å². The van der Waals surface area contributed by atoms with E-state index >= 15 is 0 Å². The van der Waals surface area contributed by atoms with E-state index in [0.29, 0.717) is 12.8 Å². The van der Waals surface area contributed by atoms with E-state index in [1.807, 2.05) is 19.9 Å². The Hall–Kier alpha value is -1.08. The summed E-state index contributed by atoms with van der Waals surface area (Å²) in [5.74, 6) is 0. The van der Waals surface area contributed by atoms with Gasteiger partial charge >= 0.3 is 0 Å². The predicted molar refractivity (Wildman–Crippen MR) is 95.5 cm³/mol. The van der Waals surface area contributed by atoms with Crippen molar-refractivity contribution in [3.8, 4) is 0 Å². The van der Waals surface area contributed by atoms with Crippen LogP contribution in [0.25, 0.3) is 0 Å². The van der Waals surface area contributed by atoms with Crippen molar-refractivity contribution < 1.29 is 13.3 Å². The molecule has 1 nitrogen and oxygen atoms in total. The molecule has 0 atom stereocenters. The lowest BCUT2D eigenvalue weighted by Crippen LogP contribution is -1.83. The van der Waals surface area contributed by atoms with Crippen LogP contribution in [-0.4, -0.2) is 11.7 Å². The van der Waals surface area contributed by atoms with Gasteiger partial charge in [0.15, 0.2) is 0 Å². The van der Waals surface area contributed by atoms with Crippen molar-refractivity contribution in [2.75, 3.05) is 6.61 Å². The minimum atomic E-state index is -2.57. The third-order valence-corrected chi connectivity index (χ3v) is 3.39. The Balaban J connectivity index is 4.44. The molecule has 0 aromatic carbocycles. The second-order valence-corrected chi connectivity index (χ2v) is 5.57. The molecule has 0 bridgehead atoms. The molecule has 1 heteroatoms. The maximum atomic E-state index is 8.83. The highest BCUT2D eigenvalue weighted by Crippen LogP contribution is 2.13. The maximum Gasteiger partial charge on any atom is 0.0614 e. The summed E-state index contributed by atoms with van der Waals surface area (Å²) in [6, 6.07) is 0. The largest absolute Gasteiger partial charge is 0.392 e. The lowest BCUT2D eigenvalue weighted by Gasteiger charge is -2.02. The first-order valence-electron chi connectivity index (χ1n) is 10.7. The molecule has 0 amide bonds. The van der Waals surface area contributed by atoms with Crippen LogP contribution in [-0.2, 0) is 0 Å².